The maximum absolute atomic E-state index is 12.4. The minimum absolute atomic E-state index is 0.0858. The summed E-state index contributed by atoms with van der Waals surface area (Å²) in [4.78, 5) is 30.4. The molecule has 0 aromatic heterocycles. The molecule has 0 bridgehead atoms. The highest BCUT2D eigenvalue weighted by atomic mass is 16.2. The van der Waals surface area contributed by atoms with E-state index in [1.54, 1.807) is 4.90 Å². The average molecular weight is 346 g/mol. The van der Waals surface area contributed by atoms with Crippen LogP contribution in [0.1, 0.15) is 20.3 Å². The Labute approximate surface area is 150 Å². The summed E-state index contributed by atoms with van der Waals surface area (Å²) in [7, 11) is 1.81. The van der Waals surface area contributed by atoms with E-state index >= 15 is 0 Å². The van der Waals surface area contributed by atoms with Gasteiger partial charge in [-0.3, -0.25) is 19.4 Å². The van der Waals surface area contributed by atoms with E-state index in [-0.39, 0.29) is 17.9 Å². The van der Waals surface area contributed by atoms with Gasteiger partial charge in [0.1, 0.15) is 0 Å². The van der Waals surface area contributed by atoms with Gasteiger partial charge in [-0.05, 0) is 25.5 Å². The Morgan fingerprint density at radius 2 is 1.64 bits per heavy atom. The number of amides is 2. The summed E-state index contributed by atoms with van der Waals surface area (Å²) in [6.07, 6.45) is 0.941. The molecular weight excluding hydrogens is 316 g/mol. The van der Waals surface area contributed by atoms with Crippen LogP contribution >= 0.6 is 0 Å². The third-order valence-electron chi connectivity index (χ3n) is 4.73. The first-order chi connectivity index (χ1) is 12.0. The van der Waals surface area contributed by atoms with Crippen LogP contribution in [0.3, 0.4) is 0 Å². The van der Waals surface area contributed by atoms with E-state index in [1.165, 1.54) is 0 Å². The number of carbonyl (C=O) groups is 2. The first kappa shape index (κ1) is 19.4. The van der Waals surface area contributed by atoms with E-state index in [9.17, 15) is 9.59 Å². The number of piperazine rings is 1. The van der Waals surface area contributed by atoms with E-state index in [1.807, 2.05) is 44.3 Å². The van der Waals surface area contributed by atoms with Gasteiger partial charge in [0.05, 0.1) is 13.1 Å². The fraction of sp³-hybridized carbons (Fsp3) is 0.579. The third-order valence-corrected chi connectivity index (χ3v) is 4.73. The van der Waals surface area contributed by atoms with Gasteiger partial charge >= 0.3 is 0 Å². The molecular formula is C19H30N4O2. The molecule has 1 N–H and O–H groups in total. The van der Waals surface area contributed by atoms with Gasteiger partial charge in [0.15, 0.2) is 0 Å². The molecule has 1 aromatic rings. The molecule has 138 valence electrons. The second-order valence-corrected chi connectivity index (χ2v) is 6.72. The van der Waals surface area contributed by atoms with Gasteiger partial charge in [0.2, 0.25) is 11.8 Å². The number of para-hydroxylation sites is 1. The zero-order valence-corrected chi connectivity index (χ0v) is 15.6. The lowest BCUT2D eigenvalue weighted by molar-refractivity contribution is -0.124. The number of hydrogen-bond donors (Lipinski definition) is 1. The number of nitrogens with one attached hydrogen (secondary N) is 1. The maximum atomic E-state index is 12.4. The Morgan fingerprint density at radius 1 is 1.08 bits per heavy atom. The molecule has 0 aliphatic carbocycles. The van der Waals surface area contributed by atoms with E-state index in [2.05, 4.69) is 22.0 Å². The molecule has 1 aromatic carbocycles. The number of hydrogen-bond acceptors (Lipinski definition) is 4. The molecule has 0 radical (unpaired) electrons. The summed E-state index contributed by atoms with van der Waals surface area (Å²) in [5.74, 6) is 0.178. The molecule has 1 saturated heterocycles. The van der Waals surface area contributed by atoms with Crippen LogP contribution in [0.2, 0.25) is 0 Å². The predicted molar refractivity (Wildman–Crippen MR) is 101 cm³/mol. The van der Waals surface area contributed by atoms with Crippen molar-refractivity contribution in [2.75, 3.05) is 51.2 Å². The van der Waals surface area contributed by atoms with Gasteiger partial charge in [0, 0.05) is 45.0 Å². The number of carbonyl (C=O) groups excluding carboxylic acids is 2. The van der Waals surface area contributed by atoms with Gasteiger partial charge < -0.3 is 10.2 Å². The topological polar surface area (TPSA) is 55.9 Å². The first-order valence-corrected chi connectivity index (χ1v) is 9.05. The highest BCUT2D eigenvalue weighted by Gasteiger charge is 2.22. The van der Waals surface area contributed by atoms with Crippen LogP contribution < -0.4 is 10.2 Å². The maximum Gasteiger partial charge on any atom is 0.240 e. The number of rotatable bonds is 7. The molecule has 1 atom stereocenters. The molecule has 1 aliphatic heterocycles. The molecule has 1 unspecified atom stereocenters. The molecule has 0 saturated carbocycles. The Bertz CT molecular complexity index is 556. The highest BCUT2D eigenvalue weighted by Crippen LogP contribution is 2.12. The first-order valence-electron chi connectivity index (χ1n) is 9.05. The van der Waals surface area contributed by atoms with Crippen LogP contribution in [0.4, 0.5) is 5.69 Å². The van der Waals surface area contributed by atoms with Crippen molar-refractivity contribution in [2.45, 2.75) is 26.3 Å². The van der Waals surface area contributed by atoms with Gasteiger partial charge in [-0.25, -0.2) is 0 Å². The highest BCUT2D eigenvalue weighted by molar-refractivity contribution is 5.94. The summed E-state index contributed by atoms with van der Waals surface area (Å²) in [5, 5.41) is 3.00. The number of anilines is 1. The summed E-state index contributed by atoms with van der Waals surface area (Å²) < 4.78 is 0. The summed E-state index contributed by atoms with van der Waals surface area (Å²) in [6, 6.07) is 9.90. The van der Waals surface area contributed by atoms with Crippen LogP contribution in [0.25, 0.3) is 0 Å². The second kappa shape index (κ2) is 9.53. The normalized spacial score (nSPS) is 17.1. The molecule has 1 heterocycles. The summed E-state index contributed by atoms with van der Waals surface area (Å²) in [5.41, 5.74) is 0.910. The van der Waals surface area contributed by atoms with Crippen LogP contribution in [-0.4, -0.2) is 74.0 Å². The molecule has 0 spiro atoms. The fourth-order valence-electron chi connectivity index (χ4n) is 2.82. The summed E-state index contributed by atoms with van der Waals surface area (Å²) >= 11 is 0. The molecule has 1 aliphatic rings. The monoisotopic (exact) mass is 346 g/mol. The third kappa shape index (κ3) is 6.14. The van der Waals surface area contributed by atoms with Crippen molar-refractivity contribution < 1.29 is 9.59 Å². The lowest BCUT2D eigenvalue weighted by atomic mass is 10.2. The number of benzene rings is 1. The fourth-order valence-corrected chi connectivity index (χ4v) is 2.82. The molecule has 1 fully saturated rings. The molecule has 2 rings (SSSR count). The van der Waals surface area contributed by atoms with Crippen molar-refractivity contribution >= 4 is 17.5 Å². The minimum atomic E-state index is 0.0858. The van der Waals surface area contributed by atoms with Gasteiger partial charge in [-0.2, -0.15) is 0 Å². The Balaban J connectivity index is 1.73. The Morgan fingerprint density at radius 3 is 2.20 bits per heavy atom. The van der Waals surface area contributed by atoms with Crippen LogP contribution in [0.5, 0.6) is 0 Å². The van der Waals surface area contributed by atoms with E-state index < -0.39 is 0 Å². The van der Waals surface area contributed by atoms with E-state index in [4.69, 9.17) is 0 Å². The van der Waals surface area contributed by atoms with Crippen molar-refractivity contribution in [2.24, 2.45) is 0 Å². The largest absolute Gasteiger partial charge is 0.353 e. The lowest BCUT2D eigenvalue weighted by Gasteiger charge is -2.34. The van der Waals surface area contributed by atoms with Gasteiger partial charge in [-0.15, -0.1) is 0 Å². The standard InChI is InChI=1S/C19H30N4O2/c1-4-16(2)20-18(24)14-22-10-12-23(13-11-22)15-19(25)21(3)17-8-6-5-7-9-17/h5-9,16H,4,10-15H2,1-3H3,(H,20,24). The molecule has 2 amide bonds. The van der Waals surface area contributed by atoms with Crippen molar-refractivity contribution in [3.05, 3.63) is 30.3 Å². The minimum Gasteiger partial charge on any atom is -0.353 e. The SMILES string of the molecule is CCC(C)NC(=O)CN1CCN(CC(=O)N(C)c2ccccc2)CC1. The number of likely N-dealkylation sites (N-methyl/N-ethyl adjacent to an activating group) is 1. The van der Waals surface area contributed by atoms with E-state index in [0.717, 1.165) is 38.3 Å². The smallest absolute Gasteiger partial charge is 0.240 e. The van der Waals surface area contributed by atoms with E-state index in [0.29, 0.717) is 13.1 Å². The van der Waals surface area contributed by atoms with Crippen LogP contribution in [0, 0.1) is 0 Å². The van der Waals surface area contributed by atoms with Crippen LogP contribution in [0.15, 0.2) is 30.3 Å². The zero-order valence-electron chi connectivity index (χ0n) is 15.6. The quantitative estimate of drug-likeness (QED) is 0.806. The Kier molecular flexibility index (Phi) is 7.40. The zero-order chi connectivity index (χ0) is 18.2. The molecule has 25 heavy (non-hydrogen) atoms. The van der Waals surface area contributed by atoms with Gasteiger partial charge in [-0.1, -0.05) is 25.1 Å². The second-order valence-electron chi connectivity index (χ2n) is 6.72. The van der Waals surface area contributed by atoms with Crippen LogP contribution in [-0.2, 0) is 9.59 Å². The lowest BCUT2D eigenvalue weighted by Crippen LogP contribution is -2.52. The average Bonchev–Trinajstić information content (AvgIpc) is 2.63. The van der Waals surface area contributed by atoms with Gasteiger partial charge in [0.25, 0.3) is 0 Å². The predicted octanol–water partition coefficient (Wildman–Crippen LogP) is 1.18. The molecule has 6 heteroatoms. The van der Waals surface area contributed by atoms with Crippen molar-refractivity contribution in [1.29, 1.82) is 0 Å². The van der Waals surface area contributed by atoms with Crippen molar-refractivity contribution in [1.82, 2.24) is 15.1 Å². The molecule has 6 nitrogen and oxygen atoms in total. The number of nitrogens with zero attached hydrogens (tertiary/aromatic N) is 3. The van der Waals surface area contributed by atoms with Crippen molar-refractivity contribution in [3.8, 4) is 0 Å². The van der Waals surface area contributed by atoms with Crippen molar-refractivity contribution in [3.63, 3.8) is 0 Å². The summed E-state index contributed by atoms with van der Waals surface area (Å²) in [6.45, 7) is 8.19. The Hall–Kier alpha value is -1.92.